The lowest BCUT2D eigenvalue weighted by Gasteiger charge is -2.10. The molecule has 0 aliphatic heterocycles. The van der Waals surface area contributed by atoms with Gasteiger partial charge in [-0.3, -0.25) is 4.79 Å². The van der Waals surface area contributed by atoms with Crippen molar-refractivity contribution in [1.29, 1.82) is 0 Å². The molecule has 4 nitrogen and oxygen atoms in total. The first kappa shape index (κ1) is 17.3. The summed E-state index contributed by atoms with van der Waals surface area (Å²) < 4.78 is 5.04. The summed E-state index contributed by atoms with van der Waals surface area (Å²) in [6.45, 7) is 3.28. The first-order valence-corrected chi connectivity index (χ1v) is 7.62. The summed E-state index contributed by atoms with van der Waals surface area (Å²) in [5.41, 5.74) is 2.54. The van der Waals surface area contributed by atoms with Gasteiger partial charge >= 0.3 is 5.97 Å². The van der Waals surface area contributed by atoms with E-state index in [0.717, 1.165) is 11.1 Å². The van der Waals surface area contributed by atoms with E-state index in [9.17, 15) is 9.59 Å². The lowest BCUT2D eigenvalue weighted by Crippen LogP contribution is -2.21. The summed E-state index contributed by atoms with van der Waals surface area (Å²) in [4.78, 5) is 23.9. The number of nitrogens with one attached hydrogen (secondary N) is 1. The number of benzene rings is 2. The Kier molecular flexibility index (Phi) is 5.64. The van der Waals surface area contributed by atoms with Crippen molar-refractivity contribution in [2.24, 2.45) is 0 Å². The van der Waals surface area contributed by atoms with Gasteiger partial charge in [0.15, 0.2) is 6.61 Å². The highest BCUT2D eigenvalue weighted by molar-refractivity contribution is 6.44. The van der Waals surface area contributed by atoms with E-state index < -0.39 is 18.5 Å². The fraction of sp³-hybridized carbons (Fsp3) is 0.176. The van der Waals surface area contributed by atoms with Crippen LogP contribution in [0, 0.1) is 13.8 Å². The Balaban J connectivity index is 1.98. The molecule has 1 N–H and O–H groups in total. The predicted octanol–water partition coefficient (Wildman–Crippen LogP) is 4.41. The van der Waals surface area contributed by atoms with E-state index in [4.69, 9.17) is 27.9 Å². The van der Waals surface area contributed by atoms with E-state index in [1.165, 1.54) is 0 Å². The van der Waals surface area contributed by atoms with Crippen LogP contribution in [-0.4, -0.2) is 18.5 Å². The fourth-order valence-electron chi connectivity index (χ4n) is 1.95. The van der Waals surface area contributed by atoms with E-state index in [2.05, 4.69) is 5.32 Å². The van der Waals surface area contributed by atoms with E-state index >= 15 is 0 Å². The third kappa shape index (κ3) is 4.47. The number of rotatable bonds is 4. The Morgan fingerprint density at radius 1 is 1.13 bits per heavy atom. The normalized spacial score (nSPS) is 10.3. The lowest BCUT2D eigenvalue weighted by atomic mass is 10.1. The molecule has 0 bridgehead atoms. The van der Waals surface area contributed by atoms with Gasteiger partial charge in [-0.05, 0) is 37.6 Å². The summed E-state index contributed by atoms with van der Waals surface area (Å²) in [6.07, 6.45) is 0. The molecule has 0 saturated heterocycles. The number of halogens is 2. The van der Waals surface area contributed by atoms with Crippen LogP contribution in [-0.2, 0) is 9.53 Å². The number of hydrogen-bond acceptors (Lipinski definition) is 3. The van der Waals surface area contributed by atoms with Gasteiger partial charge in [-0.15, -0.1) is 0 Å². The fourth-order valence-corrected chi connectivity index (χ4v) is 2.30. The molecular formula is C17H15Cl2NO3. The highest BCUT2D eigenvalue weighted by atomic mass is 35.5. The maximum absolute atomic E-state index is 12.0. The first-order valence-electron chi connectivity index (χ1n) is 6.86. The second-order valence-corrected chi connectivity index (χ2v) is 5.83. The Morgan fingerprint density at radius 3 is 2.61 bits per heavy atom. The molecule has 0 fully saturated rings. The van der Waals surface area contributed by atoms with Crippen LogP contribution < -0.4 is 5.32 Å². The SMILES string of the molecule is Cc1ccc(C)c(C(=O)OCC(=O)Nc2cccc(Cl)c2Cl)c1. The summed E-state index contributed by atoms with van der Waals surface area (Å²) in [7, 11) is 0. The summed E-state index contributed by atoms with van der Waals surface area (Å²) >= 11 is 11.8. The van der Waals surface area contributed by atoms with Crippen LogP contribution in [0.4, 0.5) is 5.69 Å². The van der Waals surface area contributed by atoms with Crippen LogP contribution in [0.15, 0.2) is 36.4 Å². The van der Waals surface area contributed by atoms with Crippen molar-refractivity contribution >= 4 is 40.8 Å². The number of hydrogen-bond donors (Lipinski definition) is 1. The van der Waals surface area contributed by atoms with Crippen LogP contribution in [0.25, 0.3) is 0 Å². The Labute approximate surface area is 144 Å². The van der Waals surface area contributed by atoms with Gasteiger partial charge in [0.25, 0.3) is 5.91 Å². The van der Waals surface area contributed by atoms with Gasteiger partial charge in [0.05, 0.1) is 21.3 Å². The van der Waals surface area contributed by atoms with Crippen LogP contribution in [0.5, 0.6) is 0 Å². The molecule has 0 aliphatic carbocycles. The van der Waals surface area contributed by atoms with Gasteiger partial charge in [-0.2, -0.15) is 0 Å². The third-order valence-electron chi connectivity index (χ3n) is 3.17. The number of ether oxygens (including phenoxy) is 1. The number of aryl methyl sites for hydroxylation is 2. The lowest BCUT2D eigenvalue weighted by molar-refractivity contribution is -0.119. The molecule has 0 heterocycles. The minimum atomic E-state index is -0.543. The average molecular weight is 352 g/mol. The zero-order chi connectivity index (χ0) is 17.0. The number of anilines is 1. The smallest absolute Gasteiger partial charge is 0.338 e. The Bertz CT molecular complexity index is 759. The molecule has 0 radical (unpaired) electrons. The van der Waals surface area contributed by atoms with Crippen molar-refractivity contribution < 1.29 is 14.3 Å². The molecule has 2 aromatic carbocycles. The zero-order valence-corrected chi connectivity index (χ0v) is 14.2. The van der Waals surface area contributed by atoms with Gasteiger partial charge in [-0.1, -0.05) is 47.0 Å². The van der Waals surface area contributed by atoms with Gasteiger partial charge < -0.3 is 10.1 Å². The highest BCUT2D eigenvalue weighted by Crippen LogP contribution is 2.29. The molecule has 0 aliphatic rings. The van der Waals surface area contributed by atoms with Crippen LogP contribution in [0.1, 0.15) is 21.5 Å². The van der Waals surface area contributed by atoms with E-state index in [-0.39, 0.29) is 5.02 Å². The van der Waals surface area contributed by atoms with Crippen molar-refractivity contribution in [2.45, 2.75) is 13.8 Å². The molecule has 0 aromatic heterocycles. The molecule has 23 heavy (non-hydrogen) atoms. The van der Waals surface area contributed by atoms with E-state index in [0.29, 0.717) is 16.3 Å². The number of esters is 1. The minimum Gasteiger partial charge on any atom is -0.452 e. The Morgan fingerprint density at radius 2 is 1.87 bits per heavy atom. The summed E-state index contributed by atoms with van der Waals surface area (Å²) in [5.74, 6) is -1.04. The quantitative estimate of drug-likeness (QED) is 0.830. The monoisotopic (exact) mass is 351 g/mol. The van der Waals surface area contributed by atoms with Crippen molar-refractivity contribution in [2.75, 3.05) is 11.9 Å². The van der Waals surface area contributed by atoms with Gasteiger partial charge in [0.1, 0.15) is 0 Å². The highest BCUT2D eigenvalue weighted by Gasteiger charge is 2.14. The Hall–Kier alpha value is -2.04. The maximum atomic E-state index is 12.0. The summed E-state index contributed by atoms with van der Waals surface area (Å²) in [5, 5.41) is 3.12. The van der Waals surface area contributed by atoms with Crippen molar-refractivity contribution in [3.8, 4) is 0 Å². The molecule has 0 spiro atoms. The van der Waals surface area contributed by atoms with E-state index in [1.807, 2.05) is 26.0 Å². The topological polar surface area (TPSA) is 55.4 Å². The van der Waals surface area contributed by atoms with Gasteiger partial charge in [0, 0.05) is 0 Å². The van der Waals surface area contributed by atoms with Crippen molar-refractivity contribution in [3.63, 3.8) is 0 Å². The minimum absolute atomic E-state index is 0.239. The third-order valence-corrected chi connectivity index (χ3v) is 3.99. The predicted molar refractivity (Wildman–Crippen MR) is 91.3 cm³/mol. The molecule has 120 valence electrons. The number of amides is 1. The van der Waals surface area contributed by atoms with Crippen LogP contribution >= 0.6 is 23.2 Å². The standard InChI is InChI=1S/C17H15Cl2NO3/c1-10-6-7-11(2)12(8-10)17(22)23-9-15(21)20-14-5-3-4-13(18)16(14)19/h3-8H,9H2,1-2H3,(H,20,21). The first-order chi connectivity index (χ1) is 10.9. The molecular weight excluding hydrogens is 337 g/mol. The van der Waals surface area contributed by atoms with E-state index in [1.54, 1.807) is 24.3 Å². The van der Waals surface area contributed by atoms with Crippen molar-refractivity contribution in [3.05, 3.63) is 63.1 Å². The second kappa shape index (κ2) is 7.49. The number of carbonyl (C=O) groups is 2. The average Bonchev–Trinajstić information content (AvgIpc) is 2.52. The summed E-state index contributed by atoms with van der Waals surface area (Å²) in [6, 6.07) is 10.3. The zero-order valence-electron chi connectivity index (χ0n) is 12.7. The molecule has 6 heteroatoms. The maximum Gasteiger partial charge on any atom is 0.338 e. The second-order valence-electron chi connectivity index (χ2n) is 5.04. The molecule has 0 atom stereocenters. The van der Waals surface area contributed by atoms with Gasteiger partial charge in [0.2, 0.25) is 0 Å². The number of carbonyl (C=O) groups excluding carboxylic acids is 2. The molecule has 0 unspecified atom stereocenters. The largest absolute Gasteiger partial charge is 0.452 e. The molecule has 2 aromatic rings. The molecule has 0 saturated carbocycles. The van der Waals surface area contributed by atoms with Gasteiger partial charge in [-0.25, -0.2) is 4.79 Å². The van der Waals surface area contributed by atoms with Crippen LogP contribution in [0.2, 0.25) is 10.0 Å². The van der Waals surface area contributed by atoms with Crippen molar-refractivity contribution in [1.82, 2.24) is 0 Å². The molecule has 1 amide bonds. The van der Waals surface area contributed by atoms with Crippen LogP contribution in [0.3, 0.4) is 0 Å². The molecule has 2 rings (SSSR count).